The Morgan fingerprint density at radius 1 is 1.11 bits per heavy atom. The molecule has 2 aromatic carbocycles. The Kier molecular flexibility index (Phi) is 4.58. The van der Waals surface area contributed by atoms with Crippen LogP contribution in [0.4, 0.5) is 8.78 Å². The number of alkyl halides is 1. The first-order valence-corrected chi connectivity index (χ1v) is 7.11. The highest BCUT2D eigenvalue weighted by Crippen LogP contribution is 2.30. The van der Waals surface area contributed by atoms with Crippen molar-refractivity contribution in [2.45, 2.75) is 18.2 Å². The highest BCUT2D eigenvalue weighted by Gasteiger charge is 2.15. The second kappa shape index (κ2) is 6.02. The van der Waals surface area contributed by atoms with Crippen molar-refractivity contribution in [1.82, 2.24) is 0 Å². The summed E-state index contributed by atoms with van der Waals surface area (Å²) in [6.07, 6.45) is 0.610. The van der Waals surface area contributed by atoms with E-state index in [-0.39, 0.29) is 4.83 Å². The third-order valence-electron chi connectivity index (χ3n) is 2.94. The van der Waals surface area contributed by atoms with E-state index in [0.717, 1.165) is 11.6 Å². The van der Waals surface area contributed by atoms with Crippen LogP contribution in [0.1, 0.15) is 21.5 Å². The van der Waals surface area contributed by atoms with Gasteiger partial charge in [-0.05, 0) is 42.7 Å². The smallest absolute Gasteiger partial charge is 0.130 e. The van der Waals surface area contributed by atoms with Gasteiger partial charge in [0.15, 0.2) is 0 Å². The van der Waals surface area contributed by atoms with Crippen molar-refractivity contribution < 1.29 is 8.78 Å². The molecule has 0 radical (unpaired) electrons. The average molecular weight is 346 g/mol. The highest BCUT2D eigenvalue weighted by molar-refractivity contribution is 9.09. The molecule has 0 heterocycles. The van der Waals surface area contributed by atoms with Crippen molar-refractivity contribution in [3.8, 4) is 0 Å². The second-order valence-electron chi connectivity index (χ2n) is 4.42. The topological polar surface area (TPSA) is 0 Å². The first-order chi connectivity index (χ1) is 8.97. The second-order valence-corrected chi connectivity index (χ2v) is 5.96. The van der Waals surface area contributed by atoms with E-state index in [0.29, 0.717) is 22.6 Å². The lowest BCUT2D eigenvalue weighted by Crippen LogP contribution is -2.01. The van der Waals surface area contributed by atoms with Gasteiger partial charge in [0.05, 0.1) is 0 Å². The Morgan fingerprint density at radius 2 is 1.74 bits per heavy atom. The normalized spacial score (nSPS) is 12.5. The lowest BCUT2D eigenvalue weighted by atomic mass is 10.0. The molecular formula is C15H12BrClF2. The van der Waals surface area contributed by atoms with Crippen LogP contribution < -0.4 is 0 Å². The summed E-state index contributed by atoms with van der Waals surface area (Å²) in [4.78, 5) is -0.201. The Labute approximate surface area is 124 Å². The standard InChI is InChI=1S/C15H12BrClF2/c1-9-6-12(15(19)8-14(9)18)13(16)7-10-2-4-11(17)5-3-10/h2-6,8,13H,7H2,1H3. The molecule has 2 aromatic rings. The zero-order valence-corrected chi connectivity index (χ0v) is 12.6. The van der Waals surface area contributed by atoms with Crippen LogP contribution >= 0.6 is 27.5 Å². The van der Waals surface area contributed by atoms with Gasteiger partial charge < -0.3 is 0 Å². The van der Waals surface area contributed by atoms with Crippen molar-refractivity contribution in [2.75, 3.05) is 0 Å². The molecule has 1 unspecified atom stereocenters. The van der Waals surface area contributed by atoms with Crippen molar-refractivity contribution in [2.24, 2.45) is 0 Å². The average Bonchev–Trinajstić information content (AvgIpc) is 2.36. The summed E-state index contributed by atoms with van der Waals surface area (Å²) in [6, 6.07) is 9.85. The molecule has 0 spiro atoms. The number of benzene rings is 2. The quantitative estimate of drug-likeness (QED) is 0.635. The molecule has 0 nitrogen and oxygen atoms in total. The van der Waals surface area contributed by atoms with E-state index in [1.807, 2.05) is 12.1 Å². The largest absolute Gasteiger partial charge is 0.207 e. The van der Waals surface area contributed by atoms with E-state index in [4.69, 9.17) is 11.6 Å². The SMILES string of the molecule is Cc1cc(C(Br)Cc2ccc(Cl)cc2)c(F)cc1F. The van der Waals surface area contributed by atoms with E-state index in [2.05, 4.69) is 15.9 Å². The van der Waals surface area contributed by atoms with Crippen molar-refractivity contribution in [3.63, 3.8) is 0 Å². The summed E-state index contributed by atoms with van der Waals surface area (Å²) in [5.41, 5.74) is 1.94. The molecular weight excluding hydrogens is 334 g/mol. The molecule has 0 aromatic heterocycles. The van der Waals surface area contributed by atoms with Crippen LogP contribution in [0, 0.1) is 18.6 Å². The summed E-state index contributed by atoms with van der Waals surface area (Å²) in [7, 11) is 0. The minimum atomic E-state index is -0.529. The van der Waals surface area contributed by atoms with Crippen molar-refractivity contribution in [1.29, 1.82) is 0 Å². The molecule has 0 fully saturated rings. The lowest BCUT2D eigenvalue weighted by molar-refractivity contribution is 0.566. The maximum absolute atomic E-state index is 13.8. The highest BCUT2D eigenvalue weighted by atomic mass is 79.9. The van der Waals surface area contributed by atoms with Gasteiger partial charge in [0.1, 0.15) is 11.6 Å². The number of hydrogen-bond acceptors (Lipinski definition) is 0. The van der Waals surface area contributed by atoms with E-state index < -0.39 is 11.6 Å². The number of rotatable bonds is 3. The van der Waals surface area contributed by atoms with Gasteiger partial charge in [-0.2, -0.15) is 0 Å². The molecule has 0 bridgehead atoms. The maximum Gasteiger partial charge on any atom is 0.130 e. The fourth-order valence-electron chi connectivity index (χ4n) is 1.86. The molecule has 0 aliphatic carbocycles. The van der Waals surface area contributed by atoms with E-state index in [1.54, 1.807) is 25.1 Å². The Balaban J connectivity index is 2.22. The Bertz CT molecular complexity index is 581. The van der Waals surface area contributed by atoms with Crippen molar-refractivity contribution >= 4 is 27.5 Å². The first-order valence-electron chi connectivity index (χ1n) is 5.81. The van der Waals surface area contributed by atoms with Crippen molar-refractivity contribution in [3.05, 3.63) is 69.7 Å². The molecule has 0 aliphatic rings. The molecule has 0 N–H and O–H groups in total. The third-order valence-corrected chi connectivity index (χ3v) is 4.01. The van der Waals surface area contributed by atoms with Crippen LogP contribution in [0.3, 0.4) is 0 Å². The minimum absolute atomic E-state index is 0.201. The molecule has 2 rings (SSSR count). The van der Waals surface area contributed by atoms with Gasteiger partial charge in [-0.25, -0.2) is 8.78 Å². The lowest BCUT2D eigenvalue weighted by Gasteiger charge is -2.13. The van der Waals surface area contributed by atoms with Crippen LogP contribution in [0.15, 0.2) is 36.4 Å². The Hall–Kier alpha value is -0.930. The summed E-state index contributed by atoms with van der Waals surface area (Å²) in [5.74, 6) is -1.05. The fraction of sp³-hybridized carbons (Fsp3) is 0.200. The first kappa shape index (κ1) is 14.5. The number of aryl methyl sites for hydroxylation is 1. The molecule has 100 valence electrons. The van der Waals surface area contributed by atoms with Gasteiger partial charge in [-0.1, -0.05) is 39.7 Å². The summed E-state index contributed by atoms with van der Waals surface area (Å²) in [6.45, 7) is 1.63. The molecule has 19 heavy (non-hydrogen) atoms. The van der Waals surface area contributed by atoms with Crippen LogP contribution in [-0.2, 0) is 6.42 Å². The van der Waals surface area contributed by atoms with Gasteiger partial charge >= 0.3 is 0 Å². The molecule has 4 heteroatoms. The molecule has 1 atom stereocenters. The third kappa shape index (κ3) is 3.54. The van der Waals surface area contributed by atoms with E-state index >= 15 is 0 Å². The van der Waals surface area contributed by atoms with E-state index in [1.165, 1.54) is 0 Å². The summed E-state index contributed by atoms with van der Waals surface area (Å²) in [5, 5.41) is 0.665. The monoisotopic (exact) mass is 344 g/mol. The maximum atomic E-state index is 13.8. The summed E-state index contributed by atoms with van der Waals surface area (Å²) >= 11 is 9.27. The van der Waals surface area contributed by atoms with Gasteiger partial charge in [0, 0.05) is 21.5 Å². The number of halogens is 4. The molecule has 0 aliphatic heterocycles. The predicted octanol–water partition coefficient (Wildman–Crippen LogP) is 5.61. The zero-order chi connectivity index (χ0) is 14.0. The van der Waals surface area contributed by atoms with Gasteiger partial charge in [0.2, 0.25) is 0 Å². The fourth-order valence-corrected chi connectivity index (χ4v) is 2.71. The van der Waals surface area contributed by atoms with E-state index in [9.17, 15) is 8.78 Å². The van der Waals surface area contributed by atoms with Crippen LogP contribution in [0.5, 0.6) is 0 Å². The molecule has 0 saturated heterocycles. The number of hydrogen-bond donors (Lipinski definition) is 0. The van der Waals surface area contributed by atoms with Crippen LogP contribution in [0.2, 0.25) is 5.02 Å². The Morgan fingerprint density at radius 3 is 2.37 bits per heavy atom. The van der Waals surface area contributed by atoms with Crippen LogP contribution in [0.25, 0.3) is 0 Å². The van der Waals surface area contributed by atoms with Crippen LogP contribution in [-0.4, -0.2) is 0 Å². The zero-order valence-electron chi connectivity index (χ0n) is 10.3. The minimum Gasteiger partial charge on any atom is -0.207 e. The van der Waals surface area contributed by atoms with Gasteiger partial charge in [-0.3, -0.25) is 0 Å². The molecule has 0 amide bonds. The predicted molar refractivity (Wildman–Crippen MR) is 77.9 cm³/mol. The van der Waals surface area contributed by atoms with Gasteiger partial charge in [-0.15, -0.1) is 0 Å². The summed E-state index contributed by atoms with van der Waals surface area (Å²) < 4.78 is 27.0. The molecule has 0 saturated carbocycles. The van der Waals surface area contributed by atoms with Gasteiger partial charge in [0.25, 0.3) is 0 Å².